The first kappa shape index (κ1) is 14.6. The van der Waals surface area contributed by atoms with Gasteiger partial charge in [0.1, 0.15) is 5.82 Å². The van der Waals surface area contributed by atoms with Gasteiger partial charge in [-0.1, -0.05) is 23.7 Å². The highest BCUT2D eigenvalue weighted by Crippen LogP contribution is 2.31. The summed E-state index contributed by atoms with van der Waals surface area (Å²) in [5, 5.41) is 0.0771. The highest BCUT2D eigenvalue weighted by Gasteiger charge is 2.14. The third kappa shape index (κ3) is 2.86. The standard InChI is InChI=1S/C15H15ClFNO2/c1-19-13-6-4-10(8-14(13)20-2)15(18)9-3-5-11(16)12(17)7-9/h3-8,15H,18H2,1-2H3. The number of ether oxygens (including phenoxy) is 2. The molecule has 0 amide bonds. The van der Waals surface area contributed by atoms with E-state index in [1.165, 1.54) is 12.1 Å². The molecule has 0 saturated heterocycles. The third-order valence-electron chi connectivity index (χ3n) is 3.07. The zero-order valence-electron chi connectivity index (χ0n) is 11.2. The van der Waals surface area contributed by atoms with Crippen molar-refractivity contribution in [3.8, 4) is 11.5 Å². The van der Waals surface area contributed by atoms with E-state index in [2.05, 4.69) is 0 Å². The van der Waals surface area contributed by atoms with Gasteiger partial charge in [-0.05, 0) is 35.4 Å². The molecule has 0 aliphatic rings. The van der Waals surface area contributed by atoms with E-state index in [9.17, 15) is 4.39 Å². The zero-order chi connectivity index (χ0) is 14.7. The normalized spacial score (nSPS) is 12.1. The van der Waals surface area contributed by atoms with Crippen molar-refractivity contribution in [2.45, 2.75) is 6.04 Å². The predicted octanol–water partition coefficient (Wildman–Crippen LogP) is 3.54. The first-order valence-electron chi connectivity index (χ1n) is 5.99. The fourth-order valence-electron chi connectivity index (χ4n) is 1.94. The number of halogens is 2. The van der Waals surface area contributed by atoms with Crippen molar-refractivity contribution in [2.24, 2.45) is 5.73 Å². The van der Waals surface area contributed by atoms with Gasteiger partial charge in [-0.15, -0.1) is 0 Å². The summed E-state index contributed by atoms with van der Waals surface area (Å²) in [5.74, 6) is 0.709. The third-order valence-corrected chi connectivity index (χ3v) is 3.38. The molecule has 20 heavy (non-hydrogen) atoms. The van der Waals surface area contributed by atoms with Gasteiger partial charge in [0, 0.05) is 0 Å². The number of hydrogen-bond acceptors (Lipinski definition) is 3. The van der Waals surface area contributed by atoms with Gasteiger partial charge < -0.3 is 15.2 Å². The molecule has 1 atom stereocenters. The molecule has 106 valence electrons. The van der Waals surface area contributed by atoms with E-state index in [1.807, 2.05) is 6.07 Å². The minimum atomic E-state index is -0.486. The molecule has 0 spiro atoms. The van der Waals surface area contributed by atoms with E-state index in [-0.39, 0.29) is 5.02 Å². The maximum atomic E-state index is 13.5. The van der Waals surface area contributed by atoms with Crippen molar-refractivity contribution >= 4 is 11.6 Å². The second-order valence-corrected chi connectivity index (χ2v) is 4.67. The van der Waals surface area contributed by atoms with Crippen LogP contribution in [0.25, 0.3) is 0 Å². The minimum Gasteiger partial charge on any atom is -0.493 e. The number of hydrogen-bond donors (Lipinski definition) is 1. The monoisotopic (exact) mass is 295 g/mol. The summed E-state index contributed by atoms with van der Waals surface area (Å²) >= 11 is 5.67. The van der Waals surface area contributed by atoms with Gasteiger partial charge in [0.25, 0.3) is 0 Å². The van der Waals surface area contributed by atoms with Crippen LogP contribution in [-0.2, 0) is 0 Å². The van der Waals surface area contributed by atoms with E-state index < -0.39 is 11.9 Å². The van der Waals surface area contributed by atoms with Crippen LogP contribution in [0.5, 0.6) is 11.5 Å². The molecule has 1 unspecified atom stereocenters. The fraction of sp³-hybridized carbons (Fsp3) is 0.200. The molecule has 2 aromatic rings. The van der Waals surface area contributed by atoms with Crippen molar-refractivity contribution in [3.05, 3.63) is 58.4 Å². The Balaban J connectivity index is 2.37. The minimum absolute atomic E-state index is 0.0771. The van der Waals surface area contributed by atoms with Crippen molar-refractivity contribution in [1.82, 2.24) is 0 Å². The molecular weight excluding hydrogens is 281 g/mol. The Hall–Kier alpha value is -1.78. The van der Waals surface area contributed by atoms with Gasteiger partial charge in [-0.25, -0.2) is 4.39 Å². The van der Waals surface area contributed by atoms with E-state index >= 15 is 0 Å². The molecule has 0 aliphatic carbocycles. The topological polar surface area (TPSA) is 44.5 Å². The molecule has 5 heteroatoms. The summed E-state index contributed by atoms with van der Waals surface area (Å²) in [6, 6.07) is 9.42. The maximum absolute atomic E-state index is 13.5. The van der Waals surface area contributed by atoms with E-state index in [0.29, 0.717) is 17.1 Å². The van der Waals surface area contributed by atoms with Gasteiger partial charge in [-0.3, -0.25) is 0 Å². The van der Waals surface area contributed by atoms with Crippen molar-refractivity contribution < 1.29 is 13.9 Å². The summed E-state index contributed by atoms with van der Waals surface area (Å²) in [6.45, 7) is 0. The Kier molecular flexibility index (Phi) is 4.47. The second-order valence-electron chi connectivity index (χ2n) is 4.27. The molecule has 0 heterocycles. The van der Waals surface area contributed by atoms with Crippen molar-refractivity contribution in [3.63, 3.8) is 0 Å². The SMILES string of the molecule is COc1ccc(C(N)c2ccc(Cl)c(F)c2)cc1OC. The molecule has 0 bridgehead atoms. The average Bonchev–Trinajstić information content (AvgIpc) is 2.48. The maximum Gasteiger partial charge on any atom is 0.161 e. The molecule has 0 saturated carbocycles. The molecular formula is C15H15ClFNO2. The summed E-state index contributed by atoms with van der Waals surface area (Å²) in [5.41, 5.74) is 7.58. The first-order valence-corrected chi connectivity index (χ1v) is 6.37. The van der Waals surface area contributed by atoms with Crippen LogP contribution in [0.3, 0.4) is 0 Å². The lowest BCUT2D eigenvalue weighted by Gasteiger charge is -2.15. The number of benzene rings is 2. The van der Waals surface area contributed by atoms with Crippen LogP contribution in [-0.4, -0.2) is 14.2 Å². The van der Waals surface area contributed by atoms with E-state index in [4.69, 9.17) is 26.8 Å². The predicted molar refractivity (Wildman–Crippen MR) is 77.0 cm³/mol. The summed E-state index contributed by atoms with van der Waals surface area (Å²) in [4.78, 5) is 0. The molecule has 0 radical (unpaired) electrons. The number of methoxy groups -OCH3 is 2. The van der Waals surface area contributed by atoms with Crippen LogP contribution < -0.4 is 15.2 Å². The molecule has 3 nitrogen and oxygen atoms in total. The summed E-state index contributed by atoms with van der Waals surface area (Å²) in [7, 11) is 3.11. The number of nitrogens with two attached hydrogens (primary N) is 1. The lowest BCUT2D eigenvalue weighted by molar-refractivity contribution is 0.354. The molecule has 0 fully saturated rings. The van der Waals surface area contributed by atoms with Crippen LogP contribution in [0.2, 0.25) is 5.02 Å². The van der Waals surface area contributed by atoms with Crippen LogP contribution in [0.1, 0.15) is 17.2 Å². The van der Waals surface area contributed by atoms with Gasteiger partial charge in [0.15, 0.2) is 11.5 Å². The average molecular weight is 296 g/mol. The Morgan fingerprint density at radius 2 is 1.60 bits per heavy atom. The van der Waals surface area contributed by atoms with Crippen LogP contribution in [0.4, 0.5) is 4.39 Å². The highest BCUT2D eigenvalue weighted by atomic mass is 35.5. The Morgan fingerprint density at radius 3 is 2.20 bits per heavy atom. The lowest BCUT2D eigenvalue weighted by atomic mass is 9.99. The molecule has 2 aromatic carbocycles. The quantitative estimate of drug-likeness (QED) is 0.938. The summed E-state index contributed by atoms with van der Waals surface area (Å²) < 4.78 is 23.9. The van der Waals surface area contributed by atoms with Gasteiger partial charge in [-0.2, -0.15) is 0 Å². The van der Waals surface area contributed by atoms with Crippen molar-refractivity contribution in [2.75, 3.05) is 14.2 Å². The van der Waals surface area contributed by atoms with E-state index in [0.717, 1.165) is 5.56 Å². The highest BCUT2D eigenvalue weighted by molar-refractivity contribution is 6.30. The smallest absolute Gasteiger partial charge is 0.161 e. The Morgan fingerprint density at radius 1 is 1.00 bits per heavy atom. The second kappa shape index (κ2) is 6.11. The van der Waals surface area contributed by atoms with Crippen LogP contribution in [0, 0.1) is 5.82 Å². The lowest BCUT2D eigenvalue weighted by Crippen LogP contribution is -2.12. The summed E-state index contributed by atoms with van der Waals surface area (Å²) in [6.07, 6.45) is 0. The molecule has 0 aromatic heterocycles. The Bertz CT molecular complexity index is 619. The largest absolute Gasteiger partial charge is 0.493 e. The van der Waals surface area contributed by atoms with Gasteiger partial charge in [0.2, 0.25) is 0 Å². The number of rotatable bonds is 4. The van der Waals surface area contributed by atoms with Gasteiger partial charge in [0.05, 0.1) is 25.3 Å². The van der Waals surface area contributed by atoms with Crippen LogP contribution >= 0.6 is 11.6 Å². The Labute approximate surface area is 122 Å². The fourth-order valence-corrected chi connectivity index (χ4v) is 2.06. The van der Waals surface area contributed by atoms with Crippen molar-refractivity contribution in [1.29, 1.82) is 0 Å². The first-order chi connectivity index (χ1) is 9.56. The van der Waals surface area contributed by atoms with Gasteiger partial charge >= 0.3 is 0 Å². The molecule has 2 rings (SSSR count). The molecule has 0 aliphatic heterocycles. The zero-order valence-corrected chi connectivity index (χ0v) is 11.9. The van der Waals surface area contributed by atoms with Crippen LogP contribution in [0.15, 0.2) is 36.4 Å². The molecule has 2 N–H and O–H groups in total. The van der Waals surface area contributed by atoms with E-state index in [1.54, 1.807) is 32.4 Å².